The normalized spacial score (nSPS) is 12.9. The van der Waals surface area contributed by atoms with Crippen LogP contribution in [0.3, 0.4) is 0 Å². The van der Waals surface area contributed by atoms with Crippen LogP contribution in [0.15, 0.2) is 48.5 Å². The van der Waals surface area contributed by atoms with Gasteiger partial charge in [0.2, 0.25) is 0 Å². The number of hydrogen-bond acceptors (Lipinski definition) is 3. The Kier molecular flexibility index (Phi) is 7.03. The van der Waals surface area contributed by atoms with E-state index in [0.717, 1.165) is 11.1 Å². The fourth-order valence-electron chi connectivity index (χ4n) is 2.34. The van der Waals surface area contributed by atoms with E-state index < -0.39 is 17.4 Å². The van der Waals surface area contributed by atoms with Crippen molar-refractivity contribution in [2.75, 3.05) is 13.7 Å². The van der Waals surface area contributed by atoms with Crippen molar-refractivity contribution in [2.24, 2.45) is 0 Å². The van der Waals surface area contributed by atoms with Gasteiger partial charge in [-0.1, -0.05) is 53.5 Å². The highest BCUT2D eigenvalue weighted by molar-refractivity contribution is 6.35. The zero-order valence-electron chi connectivity index (χ0n) is 14.5. The molecule has 5 nitrogen and oxygen atoms in total. The first kappa shape index (κ1) is 20.2. The Morgan fingerprint density at radius 2 is 1.73 bits per heavy atom. The second-order valence-electron chi connectivity index (χ2n) is 5.90. The number of hydrogen-bond donors (Lipinski definition) is 2. The molecule has 2 amide bonds. The maximum absolute atomic E-state index is 12.1. The molecule has 0 saturated carbocycles. The lowest BCUT2D eigenvalue weighted by Crippen LogP contribution is -2.45. The molecule has 0 aliphatic rings. The number of carbonyl (C=O) groups is 2. The molecular formula is C19H20Cl2N2O3. The minimum Gasteiger partial charge on any atom is -0.372 e. The number of methoxy groups -OCH3 is 1. The van der Waals surface area contributed by atoms with E-state index in [1.54, 1.807) is 43.3 Å². The Hall–Kier alpha value is -2.08. The molecule has 0 spiro atoms. The van der Waals surface area contributed by atoms with Gasteiger partial charge in [-0.3, -0.25) is 9.59 Å². The second kappa shape index (κ2) is 9.03. The molecule has 0 fully saturated rings. The Bertz CT molecular complexity index is 798. The van der Waals surface area contributed by atoms with E-state index >= 15 is 0 Å². The van der Waals surface area contributed by atoms with Gasteiger partial charge in [0.25, 0.3) is 0 Å². The number of nitrogens with one attached hydrogen (secondary N) is 2. The van der Waals surface area contributed by atoms with Gasteiger partial charge in [0.15, 0.2) is 0 Å². The molecule has 0 heterocycles. The fourth-order valence-corrected chi connectivity index (χ4v) is 2.73. The van der Waals surface area contributed by atoms with Gasteiger partial charge in [-0.05, 0) is 36.2 Å². The molecule has 0 aliphatic carbocycles. The highest BCUT2D eigenvalue weighted by Crippen LogP contribution is 2.26. The van der Waals surface area contributed by atoms with Gasteiger partial charge in [-0.15, -0.1) is 0 Å². The predicted molar refractivity (Wildman–Crippen MR) is 102 cm³/mol. The highest BCUT2D eigenvalue weighted by Gasteiger charge is 2.28. The van der Waals surface area contributed by atoms with E-state index in [1.165, 1.54) is 7.11 Å². The van der Waals surface area contributed by atoms with Crippen molar-refractivity contribution in [2.45, 2.75) is 19.1 Å². The number of rotatable bonds is 6. The van der Waals surface area contributed by atoms with Crippen LogP contribution in [0, 0.1) is 0 Å². The van der Waals surface area contributed by atoms with Crippen molar-refractivity contribution in [1.82, 2.24) is 10.6 Å². The Morgan fingerprint density at radius 1 is 1.04 bits per heavy atom. The van der Waals surface area contributed by atoms with E-state index in [9.17, 15) is 9.59 Å². The van der Waals surface area contributed by atoms with Crippen LogP contribution in [-0.2, 0) is 26.5 Å². The van der Waals surface area contributed by atoms with Gasteiger partial charge < -0.3 is 15.4 Å². The average molecular weight is 395 g/mol. The van der Waals surface area contributed by atoms with Crippen LogP contribution in [0.4, 0.5) is 0 Å². The Labute approximate surface area is 162 Å². The lowest BCUT2D eigenvalue weighted by molar-refractivity contribution is -0.140. The average Bonchev–Trinajstić information content (AvgIpc) is 2.65. The van der Waals surface area contributed by atoms with E-state index in [0.29, 0.717) is 10.0 Å². The van der Waals surface area contributed by atoms with Gasteiger partial charge in [0.05, 0.1) is 6.54 Å². The summed E-state index contributed by atoms with van der Waals surface area (Å²) in [6.45, 7) is 2.09. The predicted octanol–water partition coefficient (Wildman–Crippen LogP) is 3.29. The summed E-state index contributed by atoms with van der Waals surface area (Å²) >= 11 is 12.0. The Balaban J connectivity index is 1.93. The Morgan fingerprint density at radius 3 is 2.38 bits per heavy atom. The van der Waals surface area contributed by atoms with Crippen molar-refractivity contribution in [3.8, 4) is 0 Å². The molecule has 2 N–H and O–H groups in total. The van der Waals surface area contributed by atoms with Crippen molar-refractivity contribution in [3.05, 3.63) is 69.7 Å². The summed E-state index contributed by atoms with van der Waals surface area (Å²) in [6.07, 6.45) is 0. The third-order valence-electron chi connectivity index (χ3n) is 4.08. The number of halogens is 2. The van der Waals surface area contributed by atoms with Crippen LogP contribution < -0.4 is 10.6 Å². The summed E-state index contributed by atoms with van der Waals surface area (Å²) in [7, 11) is 1.53. The molecule has 2 aromatic rings. The van der Waals surface area contributed by atoms with E-state index in [2.05, 4.69) is 10.6 Å². The lowest BCUT2D eigenvalue weighted by Gasteiger charge is -2.29. The molecule has 0 radical (unpaired) electrons. The summed E-state index contributed by atoms with van der Waals surface area (Å²) in [5.41, 5.74) is 0.712. The van der Waals surface area contributed by atoms with Crippen LogP contribution in [0.2, 0.25) is 10.0 Å². The van der Waals surface area contributed by atoms with Crippen LogP contribution >= 0.6 is 23.2 Å². The lowest BCUT2D eigenvalue weighted by atomic mass is 9.95. The van der Waals surface area contributed by atoms with Crippen LogP contribution in [0.25, 0.3) is 0 Å². The molecule has 138 valence electrons. The molecule has 2 rings (SSSR count). The SMILES string of the molecule is COC(C)(CNC(=O)C(=O)NCc1ccccc1Cl)c1cccc(Cl)c1. The summed E-state index contributed by atoms with van der Waals surface area (Å²) in [5.74, 6) is -1.49. The zero-order chi connectivity index (χ0) is 19.2. The summed E-state index contributed by atoms with van der Waals surface area (Å²) in [6, 6.07) is 14.3. The number of amides is 2. The maximum Gasteiger partial charge on any atom is 0.309 e. The molecule has 0 saturated heterocycles. The van der Waals surface area contributed by atoms with Crippen molar-refractivity contribution in [3.63, 3.8) is 0 Å². The maximum atomic E-state index is 12.1. The van der Waals surface area contributed by atoms with Gasteiger partial charge in [0, 0.05) is 23.7 Å². The van der Waals surface area contributed by atoms with Gasteiger partial charge in [-0.25, -0.2) is 0 Å². The zero-order valence-corrected chi connectivity index (χ0v) is 16.0. The molecule has 26 heavy (non-hydrogen) atoms. The molecular weight excluding hydrogens is 375 g/mol. The van der Waals surface area contributed by atoms with Crippen molar-refractivity contribution >= 4 is 35.0 Å². The molecule has 1 atom stereocenters. The number of ether oxygens (including phenoxy) is 1. The first-order valence-electron chi connectivity index (χ1n) is 7.96. The molecule has 7 heteroatoms. The minimum atomic E-state index is -0.816. The highest BCUT2D eigenvalue weighted by atomic mass is 35.5. The third-order valence-corrected chi connectivity index (χ3v) is 4.68. The topological polar surface area (TPSA) is 67.4 Å². The first-order valence-corrected chi connectivity index (χ1v) is 8.72. The number of carbonyl (C=O) groups excluding carboxylic acids is 2. The van der Waals surface area contributed by atoms with E-state index in [4.69, 9.17) is 27.9 Å². The van der Waals surface area contributed by atoms with Gasteiger partial charge >= 0.3 is 11.8 Å². The largest absolute Gasteiger partial charge is 0.372 e. The first-order chi connectivity index (χ1) is 12.4. The molecule has 0 aromatic heterocycles. The smallest absolute Gasteiger partial charge is 0.309 e. The molecule has 2 aromatic carbocycles. The monoisotopic (exact) mass is 394 g/mol. The quantitative estimate of drug-likeness (QED) is 0.738. The minimum absolute atomic E-state index is 0.113. The standard InChI is InChI=1S/C19H20Cl2N2O3/c1-19(26-2,14-7-5-8-15(20)10-14)12-23-18(25)17(24)22-11-13-6-3-4-9-16(13)21/h3-10H,11-12H2,1-2H3,(H,22,24)(H,23,25). The van der Waals surface area contributed by atoms with Gasteiger partial charge in [0.1, 0.15) is 5.60 Å². The van der Waals surface area contributed by atoms with Crippen LogP contribution in [0.1, 0.15) is 18.1 Å². The fraction of sp³-hybridized carbons (Fsp3) is 0.263. The molecule has 0 bridgehead atoms. The van der Waals surface area contributed by atoms with E-state index in [-0.39, 0.29) is 13.1 Å². The second-order valence-corrected chi connectivity index (χ2v) is 6.75. The van der Waals surface area contributed by atoms with Gasteiger partial charge in [-0.2, -0.15) is 0 Å². The number of benzene rings is 2. The van der Waals surface area contributed by atoms with Crippen LogP contribution in [0.5, 0.6) is 0 Å². The summed E-state index contributed by atoms with van der Waals surface area (Å²) in [5, 5.41) is 6.23. The third kappa shape index (κ3) is 5.21. The van der Waals surface area contributed by atoms with Crippen LogP contribution in [-0.4, -0.2) is 25.5 Å². The summed E-state index contributed by atoms with van der Waals surface area (Å²) < 4.78 is 5.53. The summed E-state index contributed by atoms with van der Waals surface area (Å²) in [4.78, 5) is 24.1. The molecule has 0 aliphatic heterocycles. The van der Waals surface area contributed by atoms with E-state index in [1.807, 2.05) is 12.1 Å². The van der Waals surface area contributed by atoms with Crippen molar-refractivity contribution < 1.29 is 14.3 Å². The van der Waals surface area contributed by atoms with Crippen molar-refractivity contribution in [1.29, 1.82) is 0 Å². The molecule has 1 unspecified atom stereocenters.